The summed E-state index contributed by atoms with van der Waals surface area (Å²) in [5, 5.41) is 10.2. The molecule has 1 N–H and O–H groups in total. The van der Waals surface area contributed by atoms with Crippen LogP contribution in [0.25, 0.3) is 0 Å². The zero-order valence-electron chi connectivity index (χ0n) is 11.1. The molecule has 2 aliphatic heterocycles. The van der Waals surface area contributed by atoms with Crippen LogP contribution < -0.4 is 14.2 Å². The second-order valence-corrected chi connectivity index (χ2v) is 5.15. The second kappa shape index (κ2) is 4.63. The Kier molecular flexibility index (Phi) is 2.75. The number of aliphatic hydroxyl groups is 1. The van der Waals surface area contributed by atoms with Crippen molar-refractivity contribution in [3.05, 3.63) is 53.3 Å². The molecule has 4 nitrogen and oxygen atoms in total. The van der Waals surface area contributed by atoms with Gasteiger partial charge in [0, 0.05) is 12.0 Å². The maximum atomic E-state index is 13.2. The number of hydrogen-bond acceptors (Lipinski definition) is 4. The molecular formula is C16H13FO4. The Bertz CT molecular complexity index is 701. The van der Waals surface area contributed by atoms with E-state index in [4.69, 9.17) is 14.2 Å². The van der Waals surface area contributed by atoms with Crippen LogP contribution in [0.3, 0.4) is 0 Å². The molecular weight excluding hydrogens is 275 g/mol. The smallest absolute Gasteiger partial charge is 0.231 e. The van der Waals surface area contributed by atoms with Gasteiger partial charge in [-0.3, -0.25) is 0 Å². The monoisotopic (exact) mass is 288 g/mol. The predicted octanol–water partition coefficient (Wildman–Crippen LogP) is 3.11. The number of ether oxygens (including phenoxy) is 3. The van der Waals surface area contributed by atoms with Crippen LogP contribution >= 0.6 is 0 Å². The second-order valence-electron chi connectivity index (χ2n) is 5.15. The molecule has 21 heavy (non-hydrogen) atoms. The van der Waals surface area contributed by atoms with Crippen molar-refractivity contribution in [1.29, 1.82) is 0 Å². The Morgan fingerprint density at radius 1 is 1.00 bits per heavy atom. The van der Waals surface area contributed by atoms with Gasteiger partial charge in [-0.2, -0.15) is 0 Å². The number of hydrogen-bond donors (Lipinski definition) is 1. The van der Waals surface area contributed by atoms with E-state index >= 15 is 0 Å². The Morgan fingerprint density at radius 3 is 2.71 bits per heavy atom. The summed E-state index contributed by atoms with van der Waals surface area (Å²) in [6.07, 6.45) is -0.678. The number of benzene rings is 2. The SMILES string of the molecule is OC1CC(c2ccc3c(c2)OCO3)Oc2ccc(F)cc21. The lowest BCUT2D eigenvalue weighted by Gasteiger charge is -2.30. The molecule has 108 valence electrons. The van der Waals surface area contributed by atoms with Gasteiger partial charge in [0.25, 0.3) is 0 Å². The average molecular weight is 288 g/mol. The Morgan fingerprint density at radius 2 is 1.81 bits per heavy atom. The summed E-state index contributed by atoms with van der Waals surface area (Å²) < 4.78 is 29.8. The molecule has 0 amide bonds. The zero-order chi connectivity index (χ0) is 14.4. The highest BCUT2D eigenvalue weighted by Crippen LogP contribution is 2.43. The lowest BCUT2D eigenvalue weighted by Crippen LogP contribution is -2.19. The average Bonchev–Trinajstić information content (AvgIpc) is 2.95. The van der Waals surface area contributed by atoms with Gasteiger partial charge in [0.15, 0.2) is 11.5 Å². The lowest BCUT2D eigenvalue weighted by molar-refractivity contribution is 0.0652. The first-order chi connectivity index (χ1) is 10.2. The quantitative estimate of drug-likeness (QED) is 0.876. The van der Waals surface area contributed by atoms with Gasteiger partial charge >= 0.3 is 0 Å². The van der Waals surface area contributed by atoms with Gasteiger partial charge in [0.1, 0.15) is 17.7 Å². The zero-order valence-corrected chi connectivity index (χ0v) is 11.1. The maximum absolute atomic E-state index is 13.2. The molecule has 0 saturated carbocycles. The van der Waals surface area contributed by atoms with Crippen LogP contribution in [0, 0.1) is 5.82 Å². The van der Waals surface area contributed by atoms with E-state index in [1.165, 1.54) is 12.1 Å². The van der Waals surface area contributed by atoms with Gasteiger partial charge in [-0.1, -0.05) is 6.07 Å². The minimum Gasteiger partial charge on any atom is -0.485 e. The molecule has 4 rings (SSSR count). The first-order valence-corrected chi connectivity index (χ1v) is 6.74. The molecule has 2 atom stereocenters. The third-order valence-electron chi connectivity index (χ3n) is 3.81. The molecule has 0 aliphatic carbocycles. The van der Waals surface area contributed by atoms with Crippen LogP contribution in [0.1, 0.15) is 29.8 Å². The van der Waals surface area contributed by atoms with Crippen LogP contribution in [-0.2, 0) is 0 Å². The highest BCUT2D eigenvalue weighted by atomic mass is 19.1. The van der Waals surface area contributed by atoms with Crippen molar-refractivity contribution in [3.63, 3.8) is 0 Å². The van der Waals surface area contributed by atoms with E-state index in [-0.39, 0.29) is 18.7 Å². The molecule has 0 aromatic heterocycles. The molecule has 0 radical (unpaired) electrons. The van der Waals surface area contributed by atoms with Crippen molar-refractivity contribution in [3.8, 4) is 17.2 Å². The lowest BCUT2D eigenvalue weighted by atomic mass is 9.95. The van der Waals surface area contributed by atoms with E-state index in [0.717, 1.165) is 5.56 Å². The van der Waals surface area contributed by atoms with E-state index in [0.29, 0.717) is 29.2 Å². The molecule has 2 aromatic carbocycles. The molecule has 2 unspecified atom stereocenters. The molecule has 0 bridgehead atoms. The topological polar surface area (TPSA) is 47.9 Å². The summed E-state index contributed by atoms with van der Waals surface area (Å²) >= 11 is 0. The van der Waals surface area contributed by atoms with Crippen LogP contribution in [0.15, 0.2) is 36.4 Å². The van der Waals surface area contributed by atoms with E-state index in [2.05, 4.69) is 0 Å². The summed E-state index contributed by atoms with van der Waals surface area (Å²) in [5.74, 6) is 1.52. The summed E-state index contributed by atoms with van der Waals surface area (Å²) in [5.41, 5.74) is 1.39. The van der Waals surface area contributed by atoms with E-state index in [1.54, 1.807) is 6.07 Å². The third-order valence-corrected chi connectivity index (χ3v) is 3.81. The van der Waals surface area contributed by atoms with Crippen molar-refractivity contribution < 1.29 is 23.7 Å². The third kappa shape index (κ3) is 2.10. The minimum atomic E-state index is -0.750. The van der Waals surface area contributed by atoms with Gasteiger partial charge in [-0.15, -0.1) is 0 Å². The van der Waals surface area contributed by atoms with E-state index in [9.17, 15) is 9.50 Å². The summed E-state index contributed by atoms with van der Waals surface area (Å²) in [6.45, 7) is 0.217. The Hall–Kier alpha value is -2.27. The Balaban J connectivity index is 1.67. The maximum Gasteiger partial charge on any atom is 0.231 e. The van der Waals surface area contributed by atoms with Crippen LogP contribution in [-0.4, -0.2) is 11.9 Å². The van der Waals surface area contributed by atoms with Crippen LogP contribution in [0.5, 0.6) is 17.2 Å². The number of fused-ring (bicyclic) bond motifs is 2. The fourth-order valence-corrected chi connectivity index (χ4v) is 2.74. The van der Waals surface area contributed by atoms with Gasteiger partial charge in [-0.25, -0.2) is 4.39 Å². The molecule has 2 aromatic rings. The van der Waals surface area contributed by atoms with Crippen molar-refractivity contribution in [1.82, 2.24) is 0 Å². The molecule has 0 spiro atoms. The standard InChI is InChI=1S/C16H13FO4/c17-10-2-4-13-11(6-10)12(18)7-15(21-13)9-1-3-14-16(5-9)20-8-19-14/h1-6,12,15,18H,7-8H2. The fraction of sp³-hybridized carbons (Fsp3) is 0.250. The molecule has 0 saturated heterocycles. The van der Waals surface area contributed by atoms with Crippen LogP contribution in [0.4, 0.5) is 4.39 Å². The number of aliphatic hydroxyl groups excluding tert-OH is 1. The summed E-state index contributed by atoms with van der Waals surface area (Å²) in [7, 11) is 0. The van der Waals surface area contributed by atoms with E-state index < -0.39 is 6.10 Å². The molecule has 2 aliphatic rings. The Labute approximate surface area is 120 Å². The highest BCUT2D eigenvalue weighted by molar-refractivity contribution is 5.46. The fourth-order valence-electron chi connectivity index (χ4n) is 2.74. The van der Waals surface area contributed by atoms with Gasteiger partial charge < -0.3 is 19.3 Å². The van der Waals surface area contributed by atoms with Gasteiger partial charge in [0.05, 0.1) is 6.10 Å². The molecule has 2 heterocycles. The molecule has 5 heteroatoms. The van der Waals surface area contributed by atoms with Gasteiger partial charge in [0.2, 0.25) is 6.79 Å². The van der Waals surface area contributed by atoms with Crippen molar-refractivity contribution in [2.24, 2.45) is 0 Å². The summed E-state index contributed by atoms with van der Waals surface area (Å²) in [4.78, 5) is 0. The number of rotatable bonds is 1. The summed E-state index contributed by atoms with van der Waals surface area (Å²) in [6, 6.07) is 9.76. The largest absolute Gasteiger partial charge is 0.485 e. The predicted molar refractivity (Wildman–Crippen MR) is 71.9 cm³/mol. The van der Waals surface area contributed by atoms with Crippen molar-refractivity contribution in [2.75, 3.05) is 6.79 Å². The number of halogens is 1. The van der Waals surface area contributed by atoms with Gasteiger partial charge in [-0.05, 0) is 35.9 Å². The highest BCUT2D eigenvalue weighted by Gasteiger charge is 2.29. The first-order valence-electron chi connectivity index (χ1n) is 6.74. The van der Waals surface area contributed by atoms with Crippen molar-refractivity contribution in [2.45, 2.75) is 18.6 Å². The minimum absolute atomic E-state index is 0.217. The normalized spacial score (nSPS) is 22.6. The van der Waals surface area contributed by atoms with Crippen LogP contribution in [0.2, 0.25) is 0 Å². The first kappa shape index (κ1) is 12.5. The van der Waals surface area contributed by atoms with Crippen molar-refractivity contribution >= 4 is 0 Å². The molecule has 0 fully saturated rings. The van der Waals surface area contributed by atoms with E-state index in [1.807, 2.05) is 18.2 Å².